The Morgan fingerprint density at radius 3 is 2.35 bits per heavy atom. The van der Waals surface area contributed by atoms with Gasteiger partial charge in [-0.25, -0.2) is 9.97 Å². The van der Waals surface area contributed by atoms with Crippen molar-refractivity contribution in [2.24, 2.45) is 0 Å². The van der Waals surface area contributed by atoms with Crippen LogP contribution in [0.2, 0.25) is 0 Å². The highest BCUT2D eigenvalue weighted by Crippen LogP contribution is 2.36. The molecule has 0 saturated carbocycles. The Labute approximate surface area is 100 Å². The molecule has 10 heteroatoms. The summed E-state index contributed by atoms with van der Waals surface area (Å²) < 4.78 is 64.6. The first-order chi connectivity index (χ1) is 7.65. The van der Waals surface area contributed by atoms with Crippen LogP contribution in [0.3, 0.4) is 0 Å². The first-order valence-electron chi connectivity index (χ1n) is 3.98. The summed E-state index contributed by atoms with van der Waals surface area (Å²) in [5, 5.41) is 0. The van der Waals surface area contributed by atoms with Crippen LogP contribution in [0.25, 0.3) is 0 Å². The van der Waals surface area contributed by atoms with Crippen molar-refractivity contribution in [2.45, 2.75) is 12.1 Å². The molecule has 96 valence electrons. The predicted molar refractivity (Wildman–Crippen MR) is 50.6 cm³/mol. The number of alkyl halides is 5. The van der Waals surface area contributed by atoms with E-state index in [-0.39, 0.29) is 10.3 Å². The van der Waals surface area contributed by atoms with Crippen molar-refractivity contribution in [2.75, 3.05) is 12.3 Å². The fraction of sp³-hybridized carbons (Fsp3) is 0.429. The Morgan fingerprint density at radius 2 is 1.82 bits per heavy atom. The molecule has 1 rings (SSSR count). The molecular formula is C7H5BrF5N3O. The average Bonchev–Trinajstić information content (AvgIpc) is 2.18. The van der Waals surface area contributed by atoms with Gasteiger partial charge < -0.3 is 10.5 Å². The number of hydrogen-bond acceptors (Lipinski definition) is 4. The van der Waals surface area contributed by atoms with Gasteiger partial charge in [-0.15, -0.1) is 0 Å². The van der Waals surface area contributed by atoms with Gasteiger partial charge in [0.05, 0.1) is 0 Å². The summed E-state index contributed by atoms with van der Waals surface area (Å²) in [6, 6.07) is 0. The van der Waals surface area contributed by atoms with Gasteiger partial charge >= 0.3 is 12.1 Å². The van der Waals surface area contributed by atoms with E-state index in [4.69, 9.17) is 5.73 Å². The molecule has 0 fully saturated rings. The lowest BCUT2D eigenvalue weighted by Crippen LogP contribution is -2.41. The fourth-order valence-electron chi connectivity index (χ4n) is 0.708. The summed E-state index contributed by atoms with van der Waals surface area (Å²) in [5.41, 5.74) is 5.26. The van der Waals surface area contributed by atoms with E-state index in [0.29, 0.717) is 0 Å². The Morgan fingerprint density at radius 1 is 1.24 bits per heavy atom. The standard InChI is InChI=1S/C7H5BrF5N3O/c8-3-4(14)15-2-16-5(3)17-1-6(9,10)7(11,12)13/h2H,1H2,(H2,14,15,16). The number of nitrogen functional groups attached to an aromatic ring is 1. The molecule has 0 bridgehead atoms. The van der Waals surface area contributed by atoms with E-state index in [0.717, 1.165) is 6.33 Å². The maximum Gasteiger partial charge on any atom is 0.456 e. The minimum atomic E-state index is -5.68. The van der Waals surface area contributed by atoms with Crippen LogP contribution in [0.5, 0.6) is 5.88 Å². The van der Waals surface area contributed by atoms with Crippen LogP contribution in [0.4, 0.5) is 27.8 Å². The van der Waals surface area contributed by atoms with Gasteiger partial charge in [0, 0.05) is 0 Å². The zero-order valence-corrected chi connectivity index (χ0v) is 9.52. The van der Waals surface area contributed by atoms with Crippen molar-refractivity contribution < 1.29 is 26.7 Å². The molecule has 0 radical (unpaired) electrons. The van der Waals surface area contributed by atoms with Gasteiger partial charge in [-0.3, -0.25) is 0 Å². The van der Waals surface area contributed by atoms with E-state index in [1.54, 1.807) is 0 Å². The van der Waals surface area contributed by atoms with Gasteiger partial charge in [-0.1, -0.05) is 0 Å². The molecule has 0 unspecified atom stereocenters. The summed E-state index contributed by atoms with van der Waals surface area (Å²) in [6.45, 7) is -1.88. The zero-order valence-electron chi connectivity index (χ0n) is 7.93. The van der Waals surface area contributed by atoms with Crippen molar-refractivity contribution >= 4 is 21.7 Å². The lowest BCUT2D eigenvalue weighted by molar-refractivity contribution is -0.290. The normalized spacial score (nSPS) is 12.6. The van der Waals surface area contributed by atoms with Crippen molar-refractivity contribution in [1.82, 2.24) is 9.97 Å². The Hall–Kier alpha value is -1.19. The van der Waals surface area contributed by atoms with Crippen LogP contribution in [-0.4, -0.2) is 28.7 Å². The maximum atomic E-state index is 12.5. The monoisotopic (exact) mass is 321 g/mol. The zero-order chi connectivity index (χ0) is 13.3. The second-order valence-corrected chi connectivity index (χ2v) is 3.66. The lowest BCUT2D eigenvalue weighted by Gasteiger charge is -2.19. The number of aromatic nitrogens is 2. The van der Waals surface area contributed by atoms with Crippen molar-refractivity contribution in [3.8, 4) is 5.88 Å². The molecule has 4 nitrogen and oxygen atoms in total. The number of nitrogens with zero attached hydrogens (tertiary/aromatic N) is 2. The largest absolute Gasteiger partial charge is 0.470 e. The van der Waals surface area contributed by atoms with Gasteiger partial charge in [0.25, 0.3) is 0 Å². The Balaban J connectivity index is 2.78. The van der Waals surface area contributed by atoms with E-state index in [1.807, 2.05) is 0 Å². The number of nitrogens with two attached hydrogens (primary N) is 1. The third-order valence-corrected chi connectivity index (χ3v) is 2.33. The van der Waals surface area contributed by atoms with Gasteiger partial charge in [-0.2, -0.15) is 22.0 Å². The van der Waals surface area contributed by atoms with Gasteiger partial charge in [-0.05, 0) is 15.9 Å². The molecule has 0 aliphatic heterocycles. The number of halogens is 6. The number of hydrogen-bond donors (Lipinski definition) is 1. The molecule has 1 heterocycles. The molecule has 0 spiro atoms. The minimum absolute atomic E-state index is 0.0852. The first-order valence-corrected chi connectivity index (χ1v) is 4.78. The van der Waals surface area contributed by atoms with Crippen molar-refractivity contribution in [1.29, 1.82) is 0 Å². The molecule has 0 aliphatic rings. The Kier molecular flexibility index (Phi) is 3.74. The molecular weight excluding hydrogens is 317 g/mol. The second-order valence-electron chi connectivity index (χ2n) is 2.87. The molecule has 0 amide bonds. The van der Waals surface area contributed by atoms with Gasteiger partial charge in [0.1, 0.15) is 16.6 Å². The topological polar surface area (TPSA) is 61.0 Å². The van der Waals surface area contributed by atoms with E-state index >= 15 is 0 Å². The quantitative estimate of drug-likeness (QED) is 0.868. The first kappa shape index (κ1) is 13.9. The molecule has 1 aromatic heterocycles. The molecule has 17 heavy (non-hydrogen) atoms. The van der Waals surface area contributed by atoms with E-state index in [2.05, 4.69) is 30.6 Å². The van der Waals surface area contributed by atoms with Crippen molar-refractivity contribution in [3.05, 3.63) is 10.8 Å². The summed E-state index contributed by atoms with van der Waals surface area (Å²) in [6.07, 6.45) is -4.81. The lowest BCUT2D eigenvalue weighted by atomic mass is 10.3. The van der Waals surface area contributed by atoms with Crippen LogP contribution in [0, 0.1) is 0 Å². The molecule has 0 atom stereocenters. The van der Waals surface area contributed by atoms with Gasteiger partial charge in [0.2, 0.25) is 5.88 Å². The highest BCUT2D eigenvalue weighted by molar-refractivity contribution is 9.10. The number of ether oxygens (including phenoxy) is 1. The molecule has 1 aromatic rings. The van der Waals surface area contributed by atoms with E-state index < -0.39 is 24.6 Å². The van der Waals surface area contributed by atoms with E-state index in [1.165, 1.54) is 0 Å². The third kappa shape index (κ3) is 3.14. The number of anilines is 1. The van der Waals surface area contributed by atoms with E-state index in [9.17, 15) is 22.0 Å². The smallest absolute Gasteiger partial charge is 0.456 e. The highest BCUT2D eigenvalue weighted by atomic mass is 79.9. The fourth-order valence-corrected chi connectivity index (χ4v) is 1.03. The highest BCUT2D eigenvalue weighted by Gasteiger charge is 2.58. The summed E-state index contributed by atoms with van der Waals surface area (Å²) in [7, 11) is 0. The summed E-state index contributed by atoms with van der Waals surface area (Å²) >= 11 is 2.80. The predicted octanol–water partition coefficient (Wildman–Crippen LogP) is 2.40. The van der Waals surface area contributed by atoms with Crippen molar-refractivity contribution in [3.63, 3.8) is 0 Å². The third-order valence-electron chi connectivity index (χ3n) is 1.59. The van der Waals surface area contributed by atoms with Crippen LogP contribution >= 0.6 is 15.9 Å². The number of rotatable bonds is 3. The second kappa shape index (κ2) is 4.59. The van der Waals surface area contributed by atoms with Crippen LogP contribution in [0.15, 0.2) is 10.8 Å². The Bertz CT molecular complexity index is 411. The summed E-state index contributed by atoms with van der Waals surface area (Å²) in [4.78, 5) is 6.83. The summed E-state index contributed by atoms with van der Waals surface area (Å²) in [5.74, 6) is -5.58. The molecule has 0 saturated heterocycles. The molecule has 2 N–H and O–H groups in total. The maximum absolute atomic E-state index is 12.5. The molecule has 0 aromatic carbocycles. The van der Waals surface area contributed by atoms with Crippen LogP contribution in [-0.2, 0) is 0 Å². The minimum Gasteiger partial charge on any atom is -0.470 e. The average molecular weight is 322 g/mol. The SMILES string of the molecule is Nc1ncnc(OCC(F)(F)C(F)(F)F)c1Br. The van der Waals surface area contributed by atoms with Gasteiger partial charge in [0.15, 0.2) is 6.61 Å². The molecule has 0 aliphatic carbocycles. The van der Waals surface area contributed by atoms with Crippen LogP contribution < -0.4 is 10.5 Å². The van der Waals surface area contributed by atoms with Crippen LogP contribution in [0.1, 0.15) is 0 Å².